The molecular formula is C22H27N7O2S. The molecule has 0 radical (unpaired) electrons. The van der Waals surface area contributed by atoms with Gasteiger partial charge in [0, 0.05) is 43.6 Å². The Balaban J connectivity index is 1.39. The van der Waals surface area contributed by atoms with Crippen LogP contribution in [0.15, 0.2) is 59.8 Å². The van der Waals surface area contributed by atoms with Gasteiger partial charge in [-0.15, -0.1) is 5.10 Å². The summed E-state index contributed by atoms with van der Waals surface area (Å²) < 4.78 is 1.51. The van der Waals surface area contributed by atoms with Gasteiger partial charge in [-0.2, -0.15) is 0 Å². The molecule has 32 heavy (non-hydrogen) atoms. The van der Waals surface area contributed by atoms with Gasteiger partial charge in [-0.05, 0) is 60.2 Å². The lowest BCUT2D eigenvalue weighted by molar-refractivity contribution is -0.113. The summed E-state index contributed by atoms with van der Waals surface area (Å²) >= 11 is 1.25. The molecule has 1 aromatic heterocycles. The molecular weight excluding hydrogens is 426 g/mol. The maximum Gasteiger partial charge on any atom is 0.251 e. The van der Waals surface area contributed by atoms with E-state index >= 15 is 0 Å². The number of amides is 2. The van der Waals surface area contributed by atoms with Gasteiger partial charge in [0.25, 0.3) is 5.91 Å². The van der Waals surface area contributed by atoms with Crippen molar-refractivity contribution in [3.63, 3.8) is 0 Å². The molecule has 1 heterocycles. The third-order valence-electron chi connectivity index (χ3n) is 4.74. The molecule has 3 rings (SSSR count). The van der Waals surface area contributed by atoms with Gasteiger partial charge < -0.3 is 15.5 Å². The van der Waals surface area contributed by atoms with Crippen LogP contribution in [0.5, 0.6) is 0 Å². The van der Waals surface area contributed by atoms with Crippen LogP contribution in [0.1, 0.15) is 23.7 Å². The van der Waals surface area contributed by atoms with E-state index in [4.69, 9.17) is 0 Å². The molecule has 2 amide bonds. The van der Waals surface area contributed by atoms with Crippen molar-refractivity contribution >= 4 is 35.0 Å². The number of benzene rings is 2. The first kappa shape index (κ1) is 23.3. The quantitative estimate of drug-likeness (QED) is 0.340. The van der Waals surface area contributed by atoms with E-state index in [1.165, 1.54) is 22.1 Å². The van der Waals surface area contributed by atoms with Crippen molar-refractivity contribution in [1.82, 2.24) is 25.5 Å². The van der Waals surface area contributed by atoms with Crippen molar-refractivity contribution in [2.75, 3.05) is 35.6 Å². The number of carbonyl (C=O) groups excluding carboxylic acids is 2. The predicted octanol–water partition coefficient (Wildman–Crippen LogP) is 2.59. The predicted molar refractivity (Wildman–Crippen MR) is 126 cm³/mol. The average Bonchev–Trinajstić information content (AvgIpc) is 3.23. The third-order valence-corrected chi connectivity index (χ3v) is 5.75. The first-order valence-corrected chi connectivity index (χ1v) is 11.4. The van der Waals surface area contributed by atoms with Crippen LogP contribution in [0.25, 0.3) is 0 Å². The molecule has 0 aliphatic carbocycles. The topological polar surface area (TPSA) is 105 Å². The molecule has 0 atom stereocenters. The van der Waals surface area contributed by atoms with Gasteiger partial charge in [-0.1, -0.05) is 30.0 Å². The Bertz CT molecular complexity index is 1010. The standard InChI is InChI=1S/C22H27N7O2S/c1-3-29(19-8-5-4-6-9-19)15-7-14-23-21(31)17-10-12-18(13-11-17)24-20(30)16-32-22-25-26-27-28(22)2/h4-6,8-13H,3,7,14-16H2,1-2H3,(H,23,31)(H,24,30). The SMILES string of the molecule is CCN(CCCNC(=O)c1ccc(NC(=O)CSc2nnnn2C)cc1)c1ccccc1. The highest BCUT2D eigenvalue weighted by Gasteiger charge is 2.10. The normalized spacial score (nSPS) is 10.6. The van der Waals surface area contributed by atoms with Crippen LogP contribution >= 0.6 is 11.8 Å². The second-order valence-electron chi connectivity index (χ2n) is 7.02. The minimum Gasteiger partial charge on any atom is -0.372 e. The fourth-order valence-electron chi connectivity index (χ4n) is 3.06. The number of nitrogens with zero attached hydrogens (tertiary/aromatic N) is 5. The van der Waals surface area contributed by atoms with Crippen LogP contribution in [0, 0.1) is 0 Å². The maximum absolute atomic E-state index is 12.4. The van der Waals surface area contributed by atoms with Crippen molar-refractivity contribution in [2.45, 2.75) is 18.5 Å². The van der Waals surface area contributed by atoms with E-state index in [-0.39, 0.29) is 17.6 Å². The number of para-hydroxylation sites is 1. The molecule has 0 bridgehead atoms. The first-order chi connectivity index (χ1) is 15.6. The summed E-state index contributed by atoms with van der Waals surface area (Å²) in [4.78, 5) is 26.8. The monoisotopic (exact) mass is 453 g/mol. The number of hydrogen-bond acceptors (Lipinski definition) is 7. The molecule has 0 spiro atoms. The summed E-state index contributed by atoms with van der Waals surface area (Å²) in [6.07, 6.45) is 0.849. The first-order valence-electron chi connectivity index (χ1n) is 10.4. The number of tetrazole rings is 1. The van der Waals surface area contributed by atoms with Gasteiger partial charge in [-0.25, -0.2) is 4.68 Å². The lowest BCUT2D eigenvalue weighted by Gasteiger charge is -2.23. The van der Waals surface area contributed by atoms with Crippen LogP contribution < -0.4 is 15.5 Å². The summed E-state index contributed by atoms with van der Waals surface area (Å²) in [5, 5.41) is 17.4. The van der Waals surface area contributed by atoms with Crippen LogP contribution in [0.2, 0.25) is 0 Å². The molecule has 3 aromatic rings. The molecule has 2 N–H and O–H groups in total. The van der Waals surface area contributed by atoms with Gasteiger partial charge >= 0.3 is 0 Å². The number of nitrogens with one attached hydrogen (secondary N) is 2. The highest BCUT2D eigenvalue weighted by Crippen LogP contribution is 2.15. The van der Waals surface area contributed by atoms with Crippen molar-refractivity contribution in [1.29, 1.82) is 0 Å². The molecule has 0 fully saturated rings. The molecule has 2 aromatic carbocycles. The Morgan fingerprint density at radius 3 is 2.50 bits per heavy atom. The minimum absolute atomic E-state index is 0.129. The summed E-state index contributed by atoms with van der Waals surface area (Å²) in [5.41, 5.74) is 2.37. The molecule has 0 saturated heterocycles. The third kappa shape index (κ3) is 6.81. The number of thioether (sulfide) groups is 1. The summed E-state index contributed by atoms with van der Waals surface area (Å²) in [6.45, 7) is 4.50. The second kappa shape index (κ2) is 11.8. The lowest BCUT2D eigenvalue weighted by atomic mass is 10.2. The molecule has 9 nitrogen and oxygen atoms in total. The van der Waals surface area contributed by atoms with E-state index in [9.17, 15) is 9.59 Å². The Morgan fingerprint density at radius 2 is 1.84 bits per heavy atom. The molecule has 10 heteroatoms. The summed E-state index contributed by atoms with van der Waals surface area (Å²) in [7, 11) is 1.72. The number of aryl methyl sites for hydroxylation is 1. The van der Waals surface area contributed by atoms with E-state index in [1.807, 2.05) is 18.2 Å². The van der Waals surface area contributed by atoms with Gasteiger partial charge in [0.2, 0.25) is 11.1 Å². The Labute approximate surface area is 191 Å². The van der Waals surface area contributed by atoms with Gasteiger partial charge in [0.1, 0.15) is 0 Å². The van der Waals surface area contributed by atoms with E-state index in [0.29, 0.717) is 23.0 Å². The number of anilines is 2. The van der Waals surface area contributed by atoms with Crippen molar-refractivity contribution in [3.8, 4) is 0 Å². The van der Waals surface area contributed by atoms with E-state index < -0.39 is 0 Å². The molecule has 0 unspecified atom stereocenters. The fraction of sp³-hybridized carbons (Fsp3) is 0.318. The highest BCUT2D eigenvalue weighted by molar-refractivity contribution is 7.99. The second-order valence-corrected chi connectivity index (χ2v) is 7.97. The van der Waals surface area contributed by atoms with Crippen LogP contribution in [0.3, 0.4) is 0 Å². The van der Waals surface area contributed by atoms with Crippen LogP contribution in [0.4, 0.5) is 11.4 Å². The van der Waals surface area contributed by atoms with Crippen LogP contribution in [-0.2, 0) is 11.8 Å². The lowest BCUT2D eigenvalue weighted by Crippen LogP contribution is -2.29. The zero-order valence-corrected chi connectivity index (χ0v) is 19.0. The fourth-order valence-corrected chi connectivity index (χ4v) is 3.71. The van der Waals surface area contributed by atoms with Crippen molar-refractivity contribution < 1.29 is 9.59 Å². The Hall–Kier alpha value is -3.40. The summed E-state index contributed by atoms with van der Waals surface area (Å²) in [5.74, 6) is -0.112. The number of rotatable bonds is 11. The molecule has 168 valence electrons. The van der Waals surface area contributed by atoms with E-state index in [1.54, 1.807) is 31.3 Å². The van der Waals surface area contributed by atoms with Gasteiger partial charge in [-0.3, -0.25) is 9.59 Å². The molecule has 0 aliphatic rings. The number of carbonyl (C=O) groups is 2. The number of aromatic nitrogens is 4. The van der Waals surface area contributed by atoms with E-state index in [0.717, 1.165) is 19.5 Å². The minimum atomic E-state index is -0.172. The zero-order valence-electron chi connectivity index (χ0n) is 18.2. The highest BCUT2D eigenvalue weighted by atomic mass is 32.2. The Kier molecular flexibility index (Phi) is 8.61. The average molecular weight is 454 g/mol. The molecule has 0 saturated carbocycles. The summed E-state index contributed by atoms with van der Waals surface area (Å²) in [6, 6.07) is 17.1. The smallest absolute Gasteiger partial charge is 0.251 e. The molecule has 0 aliphatic heterocycles. The largest absolute Gasteiger partial charge is 0.372 e. The van der Waals surface area contributed by atoms with Crippen molar-refractivity contribution in [2.24, 2.45) is 7.05 Å². The maximum atomic E-state index is 12.4. The van der Waals surface area contributed by atoms with Crippen molar-refractivity contribution in [3.05, 3.63) is 60.2 Å². The van der Waals surface area contributed by atoms with Gasteiger partial charge in [0.05, 0.1) is 5.75 Å². The van der Waals surface area contributed by atoms with Gasteiger partial charge in [0.15, 0.2) is 0 Å². The number of hydrogen-bond donors (Lipinski definition) is 2. The van der Waals surface area contributed by atoms with E-state index in [2.05, 4.69) is 50.1 Å². The van der Waals surface area contributed by atoms with Crippen LogP contribution in [-0.4, -0.2) is 57.4 Å². The Morgan fingerprint density at radius 1 is 1.09 bits per heavy atom. The zero-order chi connectivity index (χ0) is 22.8.